The Labute approximate surface area is 161 Å². The molecule has 11 nitrogen and oxygen atoms in total. The van der Waals surface area contributed by atoms with Gasteiger partial charge in [-0.25, -0.2) is 15.1 Å². The molecule has 0 unspecified atom stereocenters. The summed E-state index contributed by atoms with van der Waals surface area (Å²) in [6.07, 6.45) is 3.60. The fraction of sp³-hybridized carbons (Fsp3) is 0.500. The lowest BCUT2D eigenvalue weighted by molar-refractivity contribution is -0.148. The molecule has 0 saturated heterocycles. The van der Waals surface area contributed by atoms with E-state index in [4.69, 9.17) is 14.1 Å². The molecule has 12 heteroatoms. The summed E-state index contributed by atoms with van der Waals surface area (Å²) in [5.74, 6) is -0.649. The Kier molecular flexibility index (Phi) is 5.63. The molecule has 0 spiro atoms. The second-order valence-electron chi connectivity index (χ2n) is 6.67. The number of anilines is 1. The Hall–Kier alpha value is -2.57. The fourth-order valence-electron chi connectivity index (χ4n) is 3.53. The number of hydrogen-bond acceptors (Lipinski definition) is 8. The van der Waals surface area contributed by atoms with Gasteiger partial charge in [-0.05, 0) is 12.5 Å². The topological polar surface area (TPSA) is 155 Å². The van der Waals surface area contributed by atoms with E-state index in [0.717, 1.165) is 0 Å². The van der Waals surface area contributed by atoms with Gasteiger partial charge < -0.3 is 14.6 Å². The van der Waals surface area contributed by atoms with Crippen molar-refractivity contribution in [1.29, 1.82) is 0 Å². The van der Waals surface area contributed by atoms with Crippen LogP contribution in [-0.4, -0.2) is 47.5 Å². The van der Waals surface area contributed by atoms with E-state index in [-0.39, 0.29) is 24.5 Å². The van der Waals surface area contributed by atoms with Crippen LogP contribution in [0.15, 0.2) is 18.6 Å². The fourth-order valence-corrected chi connectivity index (χ4v) is 3.90. The number of carbonyl (C=O) groups is 2. The molecule has 2 aromatic heterocycles. The van der Waals surface area contributed by atoms with Gasteiger partial charge in [-0.3, -0.25) is 13.8 Å². The SMILES string of the molecule is CC(=O)Nc1ncnc2c1ccn2[C@H]1C[C@@H](COS(N)(=O)=O)[C@@H](OC(C)=O)C1. The van der Waals surface area contributed by atoms with Crippen LogP contribution in [0.2, 0.25) is 0 Å². The molecule has 1 aliphatic carbocycles. The third kappa shape index (κ3) is 4.64. The maximum absolute atomic E-state index is 11.4. The number of aromatic nitrogens is 3. The van der Waals surface area contributed by atoms with Crippen molar-refractivity contribution >= 4 is 39.0 Å². The number of ether oxygens (including phenoxy) is 1. The molecular weight excluding hydrogens is 390 g/mol. The predicted molar refractivity (Wildman–Crippen MR) is 98.2 cm³/mol. The zero-order chi connectivity index (χ0) is 20.5. The molecule has 2 heterocycles. The van der Waals surface area contributed by atoms with Gasteiger partial charge in [0.15, 0.2) is 0 Å². The lowest BCUT2D eigenvalue weighted by atomic mass is 10.1. The van der Waals surface area contributed by atoms with E-state index in [1.165, 1.54) is 20.2 Å². The van der Waals surface area contributed by atoms with Gasteiger partial charge in [0.25, 0.3) is 0 Å². The molecule has 0 aliphatic heterocycles. The zero-order valence-electron chi connectivity index (χ0n) is 15.4. The van der Waals surface area contributed by atoms with Crippen molar-refractivity contribution in [2.24, 2.45) is 11.1 Å². The molecule has 0 radical (unpaired) electrons. The van der Waals surface area contributed by atoms with Gasteiger partial charge in [0.1, 0.15) is 23.9 Å². The number of hydrogen-bond donors (Lipinski definition) is 2. The Morgan fingerprint density at radius 2 is 2.07 bits per heavy atom. The van der Waals surface area contributed by atoms with E-state index in [2.05, 4.69) is 15.3 Å². The largest absolute Gasteiger partial charge is 0.462 e. The van der Waals surface area contributed by atoms with Crippen LogP contribution in [0.4, 0.5) is 5.82 Å². The molecule has 2 aromatic rings. The number of nitrogens with zero attached hydrogens (tertiary/aromatic N) is 3. The van der Waals surface area contributed by atoms with Crippen molar-refractivity contribution < 1.29 is 26.9 Å². The predicted octanol–water partition coefficient (Wildman–Crippen LogP) is 0.493. The van der Waals surface area contributed by atoms with Crippen molar-refractivity contribution in [2.75, 3.05) is 11.9 Å². The summed E-state index contributed by atoms with van der Waals surface area (Å²) in [6.45, 7) is 2.50. The highest BCUT2D eigenvalue weighted by atomic mass is 32.2. The van der Waals surface area contributed by atoms with Crippen LogP contribution >= 0.6 is 0 Å². The number of esters is 1. The van der Waals surface area contributed by atoms with E-state index < -0.39 is 22.4 Å². The van der Waals surface area contributed by atoms with Crippen LogP contribution in [0.5, 0.6) is 0 Å². The maximum atomic E-state index is 11.4. The second kappa shape index (κ2) is 7.81. The first-order valence-electron chi connectivity index (χ1n) is 8.57. The third-order valence-electron chi connectivity index (χ3n) is 4.57. The van der Waals surface area contributed by atoms with Crippen LogP contribution in [-0.2, 0) is 28.8 Å². The van der Waals surface area contributed by atoms with Crippen molar-refractivity contribution in [3.05, 3.63) is 18.6 Å². The van der Waals surface area contributed by atoms with Crippen LogP contribution in [0, 0.1) is 5.92 Å². The number of carbonyl (C=O) groups excluding carboxylic acids is 2. The van der Waals surface area contributed by atoms with Gasteiger partial charge in [0.2, 0.25) is 5.91 Å². The van der Waals surface area contributed by atoms with Crippen molar-refractivity contribution in [3.8, 4) is 0 Å². The number of rotatable bonds is 6. The number of nitrogens with one attached hydrogen (secondary N) is 1. The van der Waals surface area contributed by atoms with Gasteiger partial charge in [-0.1, -0.05) is 0 Å². The minimum absolute atomic E-state index is 0.115. The van der Waals surface area contributed by atoms with E-state index in [1.807, 2.05) is 10.8 Å². The molecule has 1 amide bonds. The van der Waals surface area contributed by atoms with E-state index >= 15 is 0 Å². The summed E-state index contributed by atoms with van der Waals surface area (Å²) < 4.78 is 34.2. The molecule has 3 N–H and O–H groups in total. The summed E-state index contributed by atoms with van der Waals surface area (Å²) >= 11 is 0. The molecule has 1 aliphatic rings. The van der Waals surface area contributed by atoms with Gasteiger partial charge in [-0.2, -0.15) is 8.42 Å². The quantitative estimate of drug-likeness (QED) is 0.651. The Balaban J connectivity index is 1.87. The van der Waals surface area contributed by atoms with Gasteiger partial charge in [0, 0.05) is 38.4 Å². The van der Waals surface area contributed by atoms with Crippen LogP contribution < -0.4 is 10.5 Å². The van der Waals surface area contributed by atoms with Crippen molar-refractivity contribution in [3.63, 3.8) is 0 Å². The van der Waals surface area contributed by atoms with Crippen LogP contribution in [0.25, 0.3) is 11.0 Å². The third-order valence-corrected chi connectivity index (χ3v) is 5.03. The first-order valence-corrected chi connectivity index (χ1v) is 10.0. The average molecular weight is 411 g/mol. The molecule has 0 bridgehead atoms. The minimum atomic E-state index is -4.09. The summed E-state index contributed by atoms with van der Waals surface area (Å²) in [6, 6.07) is 1.67. The number of fused-ring (bicyclic) bond motifs is 1. The van der Waals surface area contributed by atoms with Gasteiger partial charge >= 0.3 is 16.3 Å². The summed E-state index contributed by atoms with van der Waals surface area (Å²) in [5, 5.41) is 8.24. The molecule has 3 atom stereocenters. The normalized spacial score (nSPS) is 22.3. The van der Waals surface area contributed by atoms with Crippen LogP contribution in [0.1, 0.15) is 32.7 Å². The molecule has 0 aromatic carbocycles. The highest BCUT2D eigenvalue weighted by Gasteiger charge is 2.38. The van der Waals surface area contributed by atoms with E-state index in [1.54, 1.807) is 6.07 Å². The highest BCUT2D eigenvalue weighted by Crippen LogP contribution is 2.39. The van der Waals surface area contributed by atoms with Crippen molar-refractivity contribution in [1.82, 2.24) is 14.5 Å². The lowest BCUT2D eigenvalue weighted by Gasteiger charge is -2.18. The maximum Gasteiger partial charge on any atom is 0.333 e. The number of nitrogens with two attached hydrogens (primary N) is 1. The molecule has 3 rings (SSSR count). The Morgan fingerprint density at radius 1 is 1.32 bits per heavy atom. The van der Waals surface area contributed by atoms with Crippen LogP contribution in [0.3, 0.4) is 0 Å². The molecular formula is C16H21N5O6S. The molecule has 152 valence electrons. The van der Waals surface area contributed by atoms with E-state index in [9.17, 15) is 18.0 Å². The highest BCUT2D eigenvalue weighted by molar-refractivity contribution is 7.84. The van der Waals surface area contributed by atoms with Gasteiger partial charge in [0.05, 0.1) is 12.0 Å². The lowest BCUT2D eigenvalue weighted by Crippen LogP contribution is -2.27. The summed E-state index contributed by atoms with van der Waals surface area (Å²) in [4.78, 5) is 31.2. The summed E-state index contributed by atoms with van der Waals surface area (Å²) in [7, 11) is -4.09. The molecule has 1 fully saturated rings. The van der Waals surface area contributed by atoms with Gasteiger partial charge in [-0.15, -0.1) is 0 Å². The Bertz CT molecular complexity index is 1000. The Morgan fingerprint density at radius 3 is 2.71 bits per heavy atom. The smallest absolute Gasteiger partial charge is 0.333 e. The molecule has 28 heavy (non-hydrogen) atoms. The first kappa shape index (κ1) is 20.2. The minimum Gasteiger partial charge on any atom is -0.462 e. The second-order valence-corrected chi connectivity index (χ2v) is 7.90. The monoisotopic (exact) mass is 411 g/mol. The number of amides is 1. The van der Waals surface area contributed by atoms with Crippen molar-refractivity contribution in [2.45, 2.75) is 38.8 Å². The standard InChI is InChI=1S/C16H21N5O6S/c1-9(22)20-15-13-3-4-21(16(13)19-8-18-15)12-5-11(7-26-28(17,24)25)14(6-12)27-10(2)23/h3-4,8,11-12,14H,5-7H2,1-2H3,(H2,17,24,25)(H,18,19,20,22)/t11-,12-,14-/m0/s1. The first-order chi connectivity index (χ1) is 13.1. The van der Waals surface area contributed by atoms with E-state index in [0.29, 0.717) is 29.7 Å². The molecule has 1 saturated carbocycles. The summed E-state index contributed by atoms with van der Waals surface area (Å²) in [5.41, 5.74) is 0.610. The zero-order valence-corrected chi connectivity index (χ0v) is 16.2. The average Bonchev–Trinajstić information content (AvgIpc) is 3.15.